The molecule has 3 aromatic rings. The molecule has 0 saturated carbocycles. The zero-order valence-electron chi connectivity index (χ0n) is 20.9. The monoisotopic (exact) mass is 595 g/mol. The van der Waals surface area contributed by atoms with Crippen molar-refractivity contribution in [2.24, 2.45) is 0 Å². The Morgan fingerprint density at radius 3 is 2.21 bits per heavy atom. The third kappa shape index (κ3) is 8.11. The Kier molecular flexibility index (Phi) is 10.4. The fraction of sp³-hybridized carbons (Fsp3) is 0.259. The van der Waals surface area contributed by atoms with Crippen LogP contribution >= 0.6 is 34.8 Å². The molecule has 0 unspecified atom stereocenters. The van der Waals surface area contributed by atoms with Crippen LogP contribution in [0.2, 0.25) is 15.1 Å². The van der Waals surface area contributed by atoms with Crippen LogP contribution in [0.3, 0.4) is 0 Å². The molecule has 7 nitrogen and oxygen atoms in total. The van der Waals surface area contributed by atoms with E-state index in [4.69, 9.17) is 34.8 Å². The summed E-state index contributed by atoms with van der Waals surface area (Å²) < 4.78 is 26.5. The molecule has 1 N–H and O–H groups in total. The first-order valence-corrected chi connectivity index (χ1v) is 14.8. The number of amides is 2. The number of carbonyl (C=O) groups is 2. The lowest BCUT2D eigenvalue weighted by molar-refractivity contribution is -0.140. The van der Waals surface area contributed by atoms with E-state index in [0.29, 0.717) is 27.2 Å². The first-order chi connectivity index (χ1) is 18.0. The van der Waals surface area contributed by atoms with Gasteiger partial charge in [-0.2, -0.15) is 0 Å². The number of likely N-dealkylation sites (N-methyl/N-ethyl adjacent to an activating group) is 1. The van der Waals surface area contributed by atoms with Crippen LogP contribution in [-0.2, 0) is 32.6 Å². The predicted octanol–water partition coefficient (Wildman–Crippen LogP) is 5.19. The number of benzene rings is 3. The van der Waals surface area contributed by atoms with Crippen LogP contribution in [-0.4, -0.2) is 50.5 Å². The largest absolute Gasteiger partial charge is 0.355 e. The lowest BCUT2D eigenvalue weighted by atomic mass is 10.0. The van der Waals surface area contributed by atoms with E-state index in [1.54, 1.807) is 43.3 Å². The second-order valence-electron chi connectivity index (χ2n) is 8.62. The minimum atomic E-state index is -3.88. The van der Waals surface area contributed by atoms with E-state index in [2.05, 4.69) is 5.32 Å². The highest BCUT2D eigenvalue weighted by molar-refractivity contribution is 7.92. The normalized spacial score (nSPS) is 12.0. The highest BCUT2D eigenvalue weighted by Crippen LogP contribution is 2.26. The SMILES string of the molecule is CCNC(=O)[C@@H](Cc1ccccc1)N(Cc1ccc(Cl)c(Cl)c1)C(=O)CN(c1cccc(Cl)c1)S(C)(=O)=O. The van der Waals surface area contributed by atoms with E-state index < -0.39 is 28.5 Å². The molecule has 0 aliphatic rings. The predicted molar refractivity (Wildman–Crippen MR) is 153 cm³/mol. The molecule has 3 aromatic carbocycles. The Morgan fingerprint density at radius 2 is 1.61 bits per heavy atom. The maximum atomic E-state index is 13.9. The number of carbonyl (C=O) groups excluding carboxylic acids is 2. The first-order valence-electron chi connectivity index (χ1n) is 11.8. The molecule has 0 aliphatic heterocycles. The topological polar surface area (TPSA) is 86.8 Å². The second-order valence-corrected chi connectivity index (χ2v) is 11.8. The second kappa shape index (κ2) is 13.3. The van der Waals surface area contributed by atoms with Crippen molar-refractivity contribution < 1.29 is 18.0 Å². The number of nitrogens with zero attached hydrogens (tertiary/aromatic N) is 2. The van der Waals surface area contributed by atoms with Gasteiger partial charge >= 0.3 is 0 Å². The van der Waals surface area contributed by atoms with Crippen LogP contribution in [0.15, 0.2) is 72.8 Å². The van der Waals surface area contributed by atoms with Gasteiger partial charge in [0.1, 0.15) is 12.6 Å². The summed E-state index contributed by atoms with van der Waals surface area (Å²) in [5.41, 5.74) is 1.70. The van der Waals surface area contributed by atoms with Crippen molar-refractivity contribution in [1.82, 2.24) is 10.2 Å². The molecular weight excluding hydrogens is 569 g/mol. The van der Waals surface area contributed by atoms with E-state index >= 15 is 0 Å². The Hall–Kier alpha value is -2.78. The Bertz CT molecular complexity index is 1390. The van der Waals surface area contributed by atoms with E-state index in [1.165, 1.54) is 11.0 Å². The number of anilines is 1. The Balaban J connectivity index is 2.05. The van der Waals surface area contributed by atoms with E-state index in [-0.39, 0.29) is 24.6 Å². The molecule has 202 valence electrons. The van der Waals surface area contributed by atoms with Crippen molar-refractivity contribution in [2.75, 3.05) is 23.7 Å². The third-order valence-electron chi connectivity index (χ3n) is 5.73. The van der Waals surface area contributed by atoms with Crippen molar-refractivity contribution in [2.45, 2.75) is 25.9 Å². The average molecular weight is 597 g/mol. The summed E-state index contributed by atoms with van der Waals surface area (Å²) in [6.45, 7) is 1.60. The summed E-state index contributed by atoms with van der Waals surface area (Å²) in [5, 5.41) is 3.77. The van der Waals surface area contributed by atoms with Crippen LogP contribution in [0.4, 0.5) is 5.69 Å². The average Bonchev–Trinajstić information content (AvgIpc) is 2.86. The summed E-state index contributed by atoms with van der Waals surface area (Å²) in [7, 11) is -3.88. The molecule has 0 saturated heterocycles. The van der Waals surface area contributed by atoms with Gasteiger partial charge in [-0.3, -0.25) is 13.9 Å². The lowest BCUT2D eigenvalue weighted by Crippen LogP contribution is -2.53. The Morgan fingerprint density at radius 1 is 0.895 bits per heavy atom. The number of hydrogen-bond acceptors (Lipinski definition) is 4. The van der Waals surface area contributed by atoms with Gasteiger partial charge in [0.05, 0.1) is 22.0 Å². The van der Waals surface area contributed by atoms with Crippen molar-refractivity contribution >= 4 is 62.3 Å². The van der Waals surface area contributed by atoms with Gasteiger partial charge < -0.3 is 10.2 Å². The van der Waals surface area contributed by atoms with E-state index in [0.717, 1.165) is 16.1 Å². The number of sulfonamides is 1. The molecule has 0 fully saturated rings. The summed E-state index contributed by atoms with van der Waals surface area (Å²) in [4.78, 5) is 28.6. The third-order valence-corrected chi connectivity index (χ3v) is 7.85. The minimum Gasteiger partial charge on any atom is -0.355 e. The standard InChI is InChI=1S/C27H28Cl3N3O4S/c1-3-31-27(35)25(15-19-8-5-4-6-9-19)32(17-20-12-13-23(29)24(30)14-20)26(34)18-33(38(2,36)37)22-11-7-10-21(28)16-22/h4-14,16,25H,3,15,17-18H2,1-2H3,(H,31,35)/t25-/m1/s1. The molecule has 0 aromatic heterocycles. The number of rotatable bonds is 11. The fourth-order valence-corrected chi connectivity index (χ4v) is 5.27. The molecule has 11 heteroatoms. The molecule has 1 atom stereocenters. The maximum absolute atomic E-state index is 13.9. The van der Waals surface area contributed by atoms with Crippen LogP contribution < -0.4 is 9.62 Å². The maximum Gasteiger partial charge on any atom is 0.244 e. The smallest absolute Gasteiger partial charge is 0.244 e. The van der Waals surface area contributed by atoms with Gasteiger partial charge in [0.25, 0.3) is 0 Å². The highest BCUT2D eigenvalue weighted by atomic mass is 35.5. The van der Waals surface area contributed by atoms with Crippen molar-refractivity contribution in [3.63, 3.8) is 0 Å². The molecule has 0 heterocycles. The molecular formula is C27H28Cl3N3O4S. The van der Waals surface area contributed by atoms with Crippen molar-refractivity contribution in [3.05, 3.63) is 99.0 Å². The zero-order chi connectivity index (χ0) is 27.9. The van der Waals surface area contributed by atoms with Crippen LogP contribution in [0.5, 0.6) is 0 Å². The van der Waals surface area contributed by atoms with Crippen LogP contribution in [0.1, 0.15) is 18.1 Å². The van der Waals surface area contributed by atoms with Crippen molar-refractivity contribution in [3.8, 4) is 0 Å². The van der Waals surface area contributed by atoms with Gasteiger partial charge in [0.15, 0.2) is 0 Å². The number of hydrogen-bond donors (Lipinski definition) is 1. The summed E-state index contributed by atoms with van der Waals surface area (Å²) in [6.07, 6.45) is 1.23. The molecule has 2 amide bonds. The number of halogens is 3. The molecule has 0 radical (unpaired) electrons. The lowest BCUT2D eigenvalue weighted by Gasteiger charge is -2.33. The minimum absolute atomic E-state index is 0.00248. The van der Waals surface area contributed by atoms with Gasteiger partial charge in [-0.25, -0.2) is 8.42 Å². The summed E-state index contributed by atoms with van der Waals surface area (Å²) in [6, 6.07) is 19.5. The summed E-state index contributed by atoms with van der Waals surface area (Å²) >= 11 is 18.4. The fourth-order valence-electron chi connectivity index (χ4n) is 3.93. The zero-order valence-corrected chi connectivity index (χ0v) is 24.0. The van der Waals surface area contributed by atoms with Gasteiger partial charge in [-0.15, -0.1) is 0 Å². The molecule has 0 bridgehead atoms. The summed E-state index contributed by atoms with van der Waals surface area (Å²) in [5.74, 6) is -0.938. The molecule has 38 heavy (non-hydrogen) atoms. The van der Waals surface area contributed by atoms with E-state index in [9.17, 15) is 18.0 Å². The first kappa shape index (κ1) is 29.8. The van der Waals surface area contributed by atoms with Crippen LogP contribution in [0, 0.1) is 0 Å². The van der Waals surface area contributed by atoms with Gasteiger partial charge in [0.2, 0.25) is 21.8 Å². The van der Waals surface area contributed by atoms with Gasteiger partial charge in [0, 0.05) is 24.5 Å². The Labute approximate surface area is 238 Å². The molecule has 0 spiro atoms. The molecule has 0 aliphatic carbocycles. The van der Waals surface area contributed by atoms with E-state index in [1.807, 2.05) is 30.3 Å². The number of nitrogens with one attached hydrogen (secondary N) is 1. The van der Waals surface area contributed by atoms with Crippen LogP contribution in [0.25, 0.3) is 0 Å². The molecule has 3 rings (SSSR count). The highest BCUT2D eigenvalue weighted by Gasteiger charge is 2.33. The van der Waals surface area contributed by atoms with Gasteiger partial charge in [-0.05, 0) is 48.4 Å². The quantitative estimate of drug-likeness (QED) is 0.330. The van der Waals surface area contributed by atoms with Gasteiger partial charge in [-0.1, -0.05) is 77.3 Å². The van der Waals surface area contributed by atoms with Crippen molar-refractivity contribution in [1.29, 1.82) is 0 Å².